The minimum absolute atomic E-state index is 0.127. The largest absolute Gasteiger partial charge is 0.497 e. The monoisotopic (exact) mass is 232 g/mol. The fourth-order valence-electron chi connectivity index (χ4n) is 1.79. The molecule has 3 heteroatoms. The van der Waals surface area contributed by atoms with Crippen LogP contribution in [0.25, 0.3) is 10.9 Å². The molecule has 0 unspecified atom stereocenters. The Balaban J connectivity index is 2.28. The van der Waals surface area contributed by atoms with Gasteiger partial charge in [-0.25, -0.2) is 0 Å². The molecular formula is C14H20N2O. The number of H-pyrrole nitrogens is 1. The van der Waals surface area contributed by atoms with Crippen LogP contribution in [0.2, 0.25) is 0 Å². The summed E-state index contributed by atoms with van der Waals surface area (Å²) in [6.45, 7) is 7.37. The number of nitrogens with one attached hydrogen (secondary N) is 2. The van der Waals surface area contributed by atoms with E-state index in [1.807, 2.05) is 6.07 Å². The van der Waals surface area contributed by atoms with Crippen molar-refractivity contribution in [3.63, 3.8) is 0 Å². The molecule has 0 amide bonds. The molecule has 92 valence electrons. The number of rotatable bonds is 3. The summed E-state index contributed by atoms with van der Waals surface area (Å²) in [7, 11) is 1.70. The Kier molecular flexibility index (Phi) is 3.11. The number of aromatic amines is 1. The van der Waals surface area contributed by atoms with Crippen LogP contribution in [0.3, 0.4) is 0 Å². The highest BCUT2D eigenvalue weighted by Crippen LogP contribution is 2.23. The molecule has 1 aromatic heterocycles. The van der Waals surface area contributed by atoms with Crippen molar-refractivity contribution in [2.45, 2.75) is 32.9 Å². The van der Waals surface area contributed by atoms with Crippen molar-refractivity contribution < 1.29 is 4.74 Å². The van der Waals surface area contributed by atoms with Gasteiger partial charge in [0.25, 0.3) is 0 Å². The van der Waals surface area contributed by atoms with Crippen LogP contribution in [0, 0.1) is 0 Å². The predicted octanol–water partition coefficient (Wildman–Crippen LogP) is 3.06. The fourth-order valence-corrected chi connectivity index (χ4v) is 1.79. The summed E-state index contributed by atoms with van der Waals surface area (Å²) >= 11 is 0. The highest BCUT2D eigenvalue weighted by molar-refractivity contribution is 5.84. The van der Waals surface area contributed by atoms with Gasteiger partial charge in [-0.3, -0.25) is 0 Å². The number of hydrogen-bond donors (Lipinski definition) is 2. The molecule has 0 fully saturated rings. The molecule has 1 aromatic carbocycles. The summed E-state index contributed by atoms with van der Waals surface area (Å²) in [5.41, 5.74) is 2.55. The van der Waals surface area contributed by atoms with Crippen molar-refractivity contribution in [1.82, 2.24) is 10.3 Å². The molecule has 0 aliphatic rings. The first-order chi connectivity index (χ1) is 7.99. The second-order valence-electron chi connectivity index (χ2n) is 5.33. The maximum absolute atomic E-state index is 5.26. The standard InChI is InChI=1S/C14H20N2O/c1-14(2,3)16-9-10-8-15-13-6-5-11(17-4)7-12(10)13/h5-8,15-16H,9H2,1-4H3. The Morgan fingerprint density at radius 3 is 2.71 bits per heavy atom. The molecule has 0 spiro atoms. The number of methoxy groups -OCH3 is 1. The molecule has 2 N–H and O–H groups in total. The van der Waals surface area contributed by atoms with Crippen molar-refractivity contribution in [2.24, 2.45) is 0 Å². The maximum Gasteiger partial charge on any atom is 0.119 e. The van der Waals surface area contributed by atoms with E-state index < -0.39 is 0 Å². The van der Waals surface area contributed by atoms with E-state index >= 15 is 0 Å². The van der Waals surface area contributed by atoms with Crippen molar-refractivity contribution in [3.05, 3.63) is 30.0 Å². The van der Waals surface area contributed by atoms with E-state index in [9.17, 15) is 0 Å². The summed E-state index contributed by atoms with van der Waals surface area (Å²) in [5.74, 6) is 0.897. The molecule has 0 bridgehead atoms. The summed E-state index contributed by atoms with van der Waals surface area (Å²) in [6.07, 6.45) is 2.06. The molecule has 2 aromatic rings. The summed E-state index contributed by atoms with van der Waals surface area (Å²) in [6, 6.07) is 6.10. The Labute approximate surface area is 102 Å². The molecule has 2 rings (SSSR count). The van der Waals surface area contributed by atoms with Crippen LogP contribution >= 0.6 is 0 Å². The summed E-state index contributed by atoms with van der Waals surface area (Å²) < 4.78 is 5.26. The van der Waals surface area contributed by atoms with Crippen LogP contribution in [0.15, 0.2) is 24.4 Å². The van der Waals surface area contributed by atoms with Gasteiger partial charge in [-0.15, -0.1) is 0 Å². The Hall–Kier alpha value is -1.48. The van der Waals surface area contributed by atoms with Crippen molar-refractivity contribution >= 4 is 10.9 Å². The molecule has 17 heavy (non-hydrogen) atoms. The van der Waals surface area contributed by atoms with E-state index in [2.05, 4.69) is 49.4 Å². The minimum atomic E-state index is 0.127. The van der Waals surface area contributed by atoms with E-state index in [1.165, 1.54) is 10.9 Å². The zero-order valence-electron chi connectivity index (χ0n) is 10.9. The van der Waals surface area contributed by atoms with Crippen molar-refractivity contribution in [2.75, 3.05) is 7.11 Å². The molecule has 0 aliphatic carbocycles. The fraction of sp³-hybridized carbons (Fsp3) is 0.429. The van der Waals surface area contributed by atoms with Gasteiger partial charge in [-0.05, 0) is 44.5 Å². The van der Waals surface area contributed by atoms with Crippen LogP contribution in [0.4, 0.5) is 0 Å². The number of aromatic nitrogens is 1. The number of ether oxygens (including phenoxy) is 1. The molecule has 0 saturated carbocycles. The second-order valence-corrected chi connectivity index (χ2v) is 5.33. The maximum atomic E-state index is 5.26. The third-order valence-corrected chi connectivity index (χ3v) is 2.78. The Bertz CT molecular complexity index is 508. The van der Waals surface area contributed by atoms with Gasteiger partial charge in [-0.2, -0.15) is 0 Å². The zero-order valence-corrected chi connectivity index (χ0v) is 10.9. The lowest BCUT2D eigenvalue weighted by Gasteiger charge is -2.20. The van der Waals surface area contributed by atoms with Crippen LogP contribution in [0.5, 0.6) is 5.75 Å². The van der Waals surface area contributed by atoms with Crippen LogP contribution in [-0.4, -0.2) is 17.6 Å². The van der Waals surface area contributed by atoms with E-state index in [1.54, 1.807) is 7.11 Å². The number of benzene rings is 1. The molecule has 3 nitrogen and oxygen atoms in total. The van der Waals surface area contributed by atoms with Gasteiger partial charge < -0.3 is 15.0 Å². The highest BCUT2D eigenvalue weighted by atomic mass is 16.5. The molecule has 0 saturated heterocycles. The molecule has 0 atom stereocenters. The normalized spacial score (nSPS) is 12.0. The van der Waals surface area contributed by atoms with Gasteiger partial charge >= 0.3 is 0 Å². The average Bonchev–Trinajstić information content (AvgIpc) is 2.67. The zero-order chi connectivity index (χ0) is 12.5. The average molecular weight is 232 g/mol. The lowest BCUT2D eigenvalue weighted by molar-refractivity contribution is 0.415. The SMILES string of the molecule is COc1ccc2[nH]cc(CNC(C)(C)C)c2c1. The first kappa shape index (κ1) is 12.0. The first-order valence-electron chi connectivity index (χ1n) is 5.88. The van der Waals surface area contributed by atoms with Crippen LogP contribution < -0.4 is 10.1 Å². The van der Waals surface area contributed by atoms with Gasteiger partial charge in [0.2, 0.25) is 0 Å². The van der Waals surface area contributed by atoms with Crippen LogP contribution in [-0.2, 0) is 6.54 Å². The topological polar surface area (TPSA) is 37.0 Å². The van der Waals surface area contributed by atoms with Crippen molar-refractivity contribution in [1.29, 1.82) is 0 Å². The summed E-state index contributed by atoms with van der Waals surface area (Å²) in [5, 5.41) is 4.72. The predicted molar refractivity (Wildman–Crippen MR) is 71.4 cm³/mol. The molecule has 0 aliphatic heterocycles. The van der Waals surface area contributed by atoms with Crippen molar-refractivity contribution in [3.8, 4) is 5.75 Å². The molecular weight excluding hydrogens is 212 g/mol. The highest BCUT2D eigenvalue weighted by Gasteiger charge is 2.11. The Morgan fingerprint density at radius 2 is 2.06 bits per heavy atom. The summed E-state index contributed by atoms with van der Waals surface area (Å²) in [4.78, 5) is 3.28. The van der Waals surface area contributed by atoms with Crippen LogP contribution in [0.1, 0.15) is 26.3 Å². The second kappa shape index (κ2) is 4.41. The van der Waals surface area contributed by atoms with Gasteiger partial charge in [0, 0.05) is 29.2 Å². The third-order valence-electron chi connectivity index (χ3n) is 2.78. The van der Waals surface area contributed by atoms with Gasteiger partial charge in [-0.1, -0.05) is 0 Å². The molecule has 0 radical (unpaired) electrons. The first-order valence-corrected chi connectivity index (χ1v) is 5.88. The smallest absolute Gasteiger partial charge is 0.119 e. The van der Waals surface area contributed by atoms with E-state index in [0.29, 0.717) is 0 Å². The quantitative estimate of drug-likeness (QED) is 0.853. The molecule has 1 heterocycles. The van der Waals surface area contributed by atoms with Gasteiger partial charge in [0.05, 0.1) is 7.11 Å². The minimum Gasteiger partial charge on any atom is -0.497 e. The van der Waals surface area contributed by atoms with Gasteiger partial charge in [0.1, 0.15) is 5.75 Å². The third kappa shape index (κ3) is 2.80. The lowest BCUT2D eigenvalue weighted by atomic mass is 10.1. The Morgan fingerprint density at radius 1 is 1.29 bits per heavy atom. The number of hydrogen-bond acceptors (Lipinski definition) is 2. The van der Waals surface area contributed by atoms with E-state index in [0.717, 1.165) is 17.8 Å². The van der Waals surface area contributed by atoms with E-state index in [-0.39, 0.29) is 5.54 Å². The number of fused-ring (bicyclic) bond motifs is 1. The van der Waals surface area contributed by atoms with Gasteiger partial charge in [0.15, 0.2) is 0 Å². The lowest BCUT2D eigenvalue weighted by Crippen LogP contribution is -2.34. The van der Waals surface area contributed by atoms with E-state index in [4.69, 9.17) is 4.74 Å².